The second kappa shape index (κ2) is 2.54. The van der Waals surface area contributed by atoms with Crippen molar-refractivity contribution in [2.45, 2.75) is 0 Å². The first-order chi connectivity index (χ1) is 5.47. The van der Waals surface area contributed by atoms with E-state index >= 15 is 0 Å². The molecule has 1 aromatic carbocycles. The molecule has 0 aliphatic carbocycles. The minimum atomic E-state index is 0.970. The molecule has 0 amide bonds. The van der Waals surface area contributed by atoms with Gasteiger partial charge in [-0.25, -0.2) is 0 Å². The molecule has 0 unspecified atom stereocenters. The van der Waals surface area contributed by atoms with Gasteiger partial charge in [-0.2, -0.15) is 0 Å². The SMILES string of the molecule is [c]1nn[c]n1-c1ccccc1. The Morgan fingerprint density at radius 1 is 1.00 bits per heavy atom. The van der Waals surface area contributed by atoms with E-state index in [1.807, 2.05) is 30.3 Å². The first kappa shape index (κ1) is 6.09. The molecule has 11 heavy (non-hydrogen) atoms. The van der Waals surface area contributed by atoms with Gasteiger partial charge in [0.1, 0.15) is 0 Å². The molecular formula is C8H5N3. The van der Waals surface area contributed by atoms with E-state index in [9.17, 15) is 0 Å². The van der Waals surface area contributed by atoms with Crippen molar-refractivity contribution < 1.29 is 0 Å². The monoisotopic (exact) mass is 143 g/mol. The van der Waals surface area contributed by atoms with E-state index in [-0.39, 0.29) is 0 Å². The summed E-state index contributed by atoms with van der Waals surface area (Å²) in [6.07, 6.45) is 5.31. The van der Waals surface area contributed by atoms with Crippen LogP contribution in [0.1, 0.15) is 0 Å². The molecule has 0 saturated heterocycles. The fraction of sp³-hybridized carbons (Fsp3) is 0. The largest absolute Gasteiger partial charge is 0.270 e. The highest BCUT2D eigenvalue weighted by Gasteiger charge is 1.93. The minimum Gasteiger partial charge on any atom is -0.270 e. The van der Waals surface area contributed by atoms with Gasteiger partial charge in [0, 0.05) is 5.69 Å². The molecule has 0 saturated carbocycles. The molecule has 3 heteroatoms. The van der Waals surface area contributed by atoms with Gasteiger partial charge in [0.2, 0.25) is 12.7 Å². The van der Waals surface area contributed by atoms with Crippen molar-refractivity contribution in [3.05, 3.63) is 43.0 Å². The smallest absolute Gasteiger partial charge is 0.207 e. The van der Waals surface area contributed by atoms with E-state index in [2.05, 4.69) is 22.9 Å². The summed E-state index contributed by atoms with van der Waals surface area (Å²) in [6, 6.07) is 9.72. The average molecular weight is 143 g/mol. The van der Waals surface area contributed by atoms with Gasteiger partial charge in [-0.1, -0.05) is 18.2 Å². The summed E-state index contributed by atoms with van der Waals surface area (Å²) in [5, 5.41) is 7.06. The maximum absolute atomic E-state index is 3.53. The van der Waals surface area contributed by atoms with Gasteiger partial charge in [0.15, 0.2) is 0 Å². The third-order valence-electron chi connectivity index (χ3n) is 1.35. The molecule has 0 aliphatic heterocycles. The topological polar surface area (TPSA) is 30.7 Å². The molecule has 3 nitrogen and oxygen atoms in total. The molecule has 2 aromatic rings. The van der Waals surface area contributed by atoms with Gasteiger partial charge in [-0.3, -0.25) is 4.57 Å². The standard InChI is InChI=1S/C8H5N3/c1-2-4-8(5-3-1)11-6-9-10-7-11/h1-5H. The molecule has 52 valence electrons. The van der Waals surface area contributed by atoms with E-state index in [0.29, 0.717) is 0 Å². The van der Waals surface area contributed by atoms with Crippen LogP contribution in [0.2, 0.25) is 0 Å². The van der Waals surface area contributed by atoms with Crippen LogP contribution in [0.3, 0.4) is 0 Å². The summed E-state index contributed by atoms with van der Waals surface area (Å²) in [7, 11) is 0. The van der Waals surface area contributed by atoms with Crippen LogP contribution in [0, 0.1) is 12.7 Å². The first-order valence-corrected chi connectivity index (χ1v) is 3.23. The molecule has 1 heterocycles. The van der Waals surface area contributed by atoms with Crippen LogP contribution < -0.4 is 0 Å². The molecule has 2 rings (SSSR count). The predicted molar refractivity (Wildman–Crippen MR) is 39.0 cm³/mol. The first-order valence-electron chi connectivity index (χ1n) is 3.23. The Balaban J connectivity index is 2.46. The van der Waals surface area contributed by atoms with E-state index < -0.39 is 0 Å². The van der Waals surface area contributed by atoms with Crippen molar-refractivity contribution in [2.75, 3.05) is 0 Å². The normalized spacial score (nSPS) is 9.82. The van der Waals surface area contributed by atoms with Crippen molar-refractivity contribution in [3.63, 3.8) is 0 Å². The molecule has 0 atom stereocenters. The van der Waals surface area contributed by atoms with Gasteiger partial charge in [-0.05, 0) is 12.1 Å². The highest BCUT2D eigenvalue weighted by molar-refractivity contribution is 5.29. The molecular weight excluding hydrogens is 138 g/mol. The molecule has 2 radical (unpaired) electrons. The number of benzene rings is 1. The number of hydrogen-bond donors (Lipinski definition) is 0. The average Bonchev–Trinajstić information content (AvgIpc) is 2.58. The van der Waals surface area contributed by atoms with Crippen LogP contribution >= 0.6 is 0 Å². The third-order valence-corrected chi connectivity index (χ3v) is 1.35. The Bertz CT molecular complexity index is 312. The Labute approximate surface area is 64.3 Å². The summed E-state index contributed by atoms with van der Waals surface area (Å²) >= 11 is 0. The van der Waals surface area contributed by atoms with Crippen LogP contribution in [0.25, 0.3) is 5.69 Å². The van der Waals surface area contributed by atoms with Crippen LogP contribution in [0.5, 0.6) is 0 Å². The van der Waals surface area contributed by atoms with Gasteiger partial charge < -0.3 is 0 Å². The number of aromatic nitrogens is 3. The van der Waals surface area contributed by atoms with Gasteiger partial charge in [-0.15, -0.1) is 10.2 Å². The zero-order chi connectivity index (χ0) is 7.52. The lowest BCUT2D eigenvalue weighted by Crippen LogP contribution is -1.88. The van der Waals surface area contributed by atoms with Crippen LogP contribution in [-0.4, -0.2) is 14.8 Å². The van der Waals surface area contributed by atoms with Crippen LogP contribution in [-0.2, 0) is 0 Å². The lowest BCUT2D eigenvalue weighted by atomic mass is 10.3. The number of hydrogen-bond acceptors (Lipinski definition) is 2. The Morgan fingerprint density at radius 3 is 2.27 bits per heavy atom. The minimum absolute atomic E-state index is 0.970. The van der Waals surface area contributed by atoms with E-state index in [0.717, 1.165) is 5.69 Å². The van der Waals surface area contributed by atoms with E-state index in [4.69, 9.17) is 0 Å². The summed E-state index contributed by atoms with van der Waals surface area (Å²) in [5.74, 6) is 0. The van der Waals surface area contributed by atoms with Crippen LogP contribution in [0.15, 0.2) is 30.3 Å². The van der Waals surface area contributed by atoms with Crippen molar-refractivity contribution in [2.24, 2.45) is 0 Å². The zero-order valence-electron chi connectivity index (χ0n) is 5.73. The molecule has 0 fully saturated rings. The summed E-state index contributed by atoms with van der Waals surface area (Å²) < 4.78 is 1.61. The fourth-order valence-electron chi connectivity index (χ4n) is 0.849. The van der Waals surface area contributed by atoms with Crippen molar-refractivity contribution in [1.29, 1.82) is 0 Å². The van der Waals surface area contributed by atoms with Crippen molar-refractivity contribution >= 4 is 0 Å². The number of para-hydroxylation sites is 1. The number of rotatable bonds is 1. The van der Waals surface area contributed by atoms with E-state index in [1.54, 1.807) is 4.57 Å². The maximum Gasteiger partial charge on any atom is 0.207 e. The highest BCUT2D eigenvalue weighted by atomic mass is 15.2. The van der Waals surface area contributed by atoms with Gasteiger partial charge in [0.25, 0.3) is 0 Å². The van der Waals surface area contributed by atoms with Crippen molar-refractivity contribution in [3.8, 4) is 5.69 Å². The summed E-state index contributed by atoms with van der Waals surface area (Å²) in [4.78, 5) is 0. The quantitative estimate of drug-likeness (QED) is 0.593. The Morgan fingerprint density at radius 2 is 1.64 bits per heavy atom. The van der Waals surface area contributed by atoms with Crippen molar-refractivity contribution in [1.82, 2.24) is 14.8 Å². The maximum atomic E-state index is 3.53. The summed E-state index contributed by atoms with van der Waals surface area (Å²) in [5.41, 5.74) is 0.970. The lowest BCUT2D eigenvalue weighted by molar-refractivity contribution is 1.03. The highest BCUT2D eigenvalue weighted by Crippen LogP contribution is 2.02. The molecule has 1 aromatic heterocycles. The second-order valence-corrected chi connectivity index (χ2v) is 2.07. The number of nitrogens with zero attached hydrogens (tertiary/aromatic N) is 3. The molecule has 0 spiro atoms. The zero-order valence-corrected chi connectivity index (χ0v) is 5.73. The third kappa shape index (κ3) is 1.12. The summed E-state index contributed by atoms with van der Waals surface area (Å²) in [6.45, 7) is 0. The molecule has 0 bridgehead atoms. The Kier molecular flexibility index (Phi) is 1.41. The van der Waals surface area contributed by atoms with Gasteiger partial charge in [0.05, 0.1) is 0 Å². The molecule has 0 aliphatic rings. The fourth-order valence-corrected chi connectivity index (χ4v) is 0.849. The Hall–Kier alpha value is -1.64. The predicted octanol–water partition coefficient (Wildman–Crippen LogP) is 0.868. The van der Waals surface area contributed by atoms with Gasteiger partial charge >= 0.3 is 0 Å². The van der Waals surface area contributed by atoms with E-state index in [1.165, 1.54) is 0 Å². The molecule has 0 N–H and O–H groups in total. The second-order valence-electron chi connectivity index (χ2n) is 2.07. The van der Waals surface area contributed by atoms with Crippen LogP contribution in [0.4, 0.5) is 0 Å². The lowest BCUT2D eigenvalue weighted by Gasteiger charge is -1.95.